The van der Waals surface area contributed by atoms with E-state index in [0.29, 0.717) is 38.7 Å². The van der Waals surface area contributed by atoms with Crippen LogP contribution in [0.2, 0.25) is 0 Å². The average molecular weight is 498 g/mol. The summed E-state index contributed by atoms with van der Waals surface area (Å²) in [7, 11) is 1.50. The number of nitrogens with one attached hydrogen (secondary N) is 2. The van der Waals surface area contributed by atoms with Crippen molar-refractivity contribution >= 4 is 28.7 Å². The number of aromatic nitrogens is 2. The van der Waals surface area contributed by atoms with Crippen LogP contribution in [0.1, 0.15) is 28.7 Å². The molecule has 0 unspecified atom stereocenters. The Kier molecular flexibility index (Phi) is 5.71. The number of hydrazine groups is 1. The fourth-order valence-corrected chi connectivity index (χ4v) is 4.35. The van der Waals surface area contributed by atoms with E-state index < -0.39 is 23.4 Å². The van der Waals surface area contributed by atoms with Crippen molar-refractivity contribution in [2.45, 2.75) is 19.4 Å². The maximum Gasteiger partial charge on any atom is 0.344 e. The normalized spacial score (nSPS) is 17.1. The van der Waals surface area contributed by atoms with Crippen molar-refractivity contribution in [1.82, 2.24) is 25.3 Å². The van der Waals surface area contributed by atoms with Gasteiger partial charge in [0.15, 0.2) is 0 Å². The van der Waals surface area contributed by atoms with Crippen LogP contribution in [0, 0.1) is 6.92 Å². The second kappa shape index (κ2) is 8.90. The zero-order chi connectivity index (χ0) is 26.3. The molecule has 3 aromatic carbocycles. The van der Waals surface area contributed by atoms with Gasteiger partial charge >= 0.3 is 6.03 Å². The van der Waals surface area contributed by atoms with Crippen molar-refractivity contribution < 1.29 is 19.1 Å². The summed E-state index contributed by atoms with van der Waals surface area (Å²) in [4.78, 5) is 56.2. The molecular weight excluding hydrogens is 474 g/mol. The summed E-state index contributed by atoms with van der Waals surface area (Å²) in [6.07, 6.45) is 0. The number of nitrogens with zero attached hydrogens (tertiary/aromatic N) is 3. The maximum absolute atomic E-state index is 13.2. The lowest BCUT2D eigenvalue weighted by atomic mass is 9.92. The van der Waals surface area contributed by atoms with E-state index in [2.05, 4.69) is 15.7 Å². The van der Waals surface area contributed by atoms with E-state index in [-0.39, 0.29) is 11.1 Å². The second-order valence-corrected chi connectivity index (χ2v) is 8.73. The lowest BCUT2D eigenvalue weighted by molar-refractivity contribution is -0.132. The molecule has 1 aromatic heterocycles. The van der Waals surface area contributed by atoms with Gasteiger partial charge in [-0.15, -0.1) is 0 Å². The number of ether oxygens (including phenoxy) is 1. The first-order valence-electron chi connectivity index (χ1n) is 11.4. The zero-order valence-electron chi connectivity index (χ0n) is 20.3. The highest BCUT2D eigenvalue weighted by molar-refractivity contribution is 6.09. The third kappa shape index (κ3) is 3.98. The minimum Gasteiger partial charge on any atom is -0.497 e. The minimum absolute atomic E-state index is 0.193. The smallest absolute Gasteiger partial charge is 0.344 e. The molecule has 10 heteroatoms. The number of benzene rings is 3. The van der Waals surface area contributed by atoms with Gasteiger partial charge in [-0.1, -0.05) is 24.3 Å². The van der Waals surface area contributed by atoms with Crippen molar-refractivity contribution in [3.8, 4) is 11.4 Å². The minimum atomic E-state index is -1.38. The number of hydrogen-bond acceptors (Lipinski definition) is 6. The quantitative estimate of drug-likeness (QED) is 0.409. The van der Waals surface area contributed by atoms with Crippen molar-refractivity contribution in [2.75, 3.05) is 7.11 Å². The molecule has 1 atom stereocenters. The van der Waals surface area contributed by atoms with E-state index in [1.165, 1.54) is 23.8 Å². The summed E-state index contributed by atoms with van der Waals surface area (Å²) in [5.41, 5.74) is 2.60. The first-order chi connectivity index (χ1) is 17.7. The topological polar surface area (TPSA) is 123 Å². The monoisotopic (exact) mass is 497 g/mol. The van der Waals surface area contributed by atoms with Crippen LogP contribution in [0.25, 0.3) is 16.6 Å². The van der Waals surface area contributed by atoms with Gasteiger partial charge in [-0.05, 0) is 67.9 Å². The van der Waals surface area contributed by atoms with Gasteiger partial charge in [0, 0.05) is 5.56 Å². The Labute approximate surface area is 211 Å². The number of urea groups is 1. The number of rotatable bonds is 5. The van der Waals surface area contributed by atoms with E-state index >= 15 is 0 Å². The molecule has 2 N–H and O–H groups in total. The van der Waals surface area contributed by atoms with Gasteiger partial charge in [0.25, 0.3) is 17.4 Å². The molecule has 1 aliphatic heterocycles. The predicted octanol–water partition coefficient (Wildman–Crippen LogP) is 2.81. The SMILES string of the molecule is COc1cccc([C@]2(C)NC(=O)N(NC(=O)c3ccc(-n4c(C)nc5ccccc5c4=O)cc3)C2=O)c1. The molecule has 4 aromatic rings. The molecule has 1 aliphatic rings. The third-order valence-electron chi connectivity index (χ3n) is 6.38. The van der Waals surface area contributed by atoms with Gasteiger partial charge in [-0.25, -0.2) is 9.78 Å². The zero-order valence-corrected chi connectivity index (χ0v) is 20.3. The van der Waals surface area contributed by atoms with Crippen molar-refractivity contribution in [2.24, 2.45) is 0 Å². The lowest BCUT2D eigenvalue weighted by Gasteiger charge is -2.22. The largest absolute Gasteiger partial charge is 0.497 e. The highest BCUT2D eigenvalue weighted by Gasteiger charge is 2.50. The highest BCUT2D eigenvalue weighted by Crippen LogP contribution is 2.30. The van der Waals surface area contributed by atoms with Crippen LogP contribution in [0.5, 0.6) is 5.75 Å². The second-order valence-electron chi connectivity index (χ2n) is 8.73. The van der Waals surface area contributed by atoms with Crippen LogP contribution in [0.4, 0.5) is 4.79 Å². The van der Waals surface area contributed by atoms with Gasteiger partial charge in [0.05, 0.1) is 23.7 Å². The summed E-state index contributed by atoms with van der Waals surface area (Å²) >= 11 is 0. The molecule has 4 amide bonds. The number of aryl methyl sites for hydroxylation is 1. The predicted molar refractivity (Wildman–Crippen MR) is 135 cm³/mol. The highest BCUT2D eigenvalue weighted by atomic mass is 16.5. The Bertz CT molecular complexity index is 1630. The number of fused-ring (bicyclic) bond motifs is 1. The van der Waals surface area contributed by atoms with Crippen LogP contribution >= 0.6 is 0 Å². The molecule has 1 fully saturated rings. The number of methoxy groups -OCH3 is 1. The fraction of sp³-hybridized carbons (Fsp3) is 0.148. The first kappa shape index (κ1) is 23.7. The maximum atomic E-state index is 13.2. The molecule has 2 heterocycles. The standard InChI is InChI=1S/C27H23N5O5/c1-16-28-22-10-5-4-9-21(22)24(34)31(16)19-13-11-17(12-14-19)23(33)30-32-25(35)27(2,29-26(32)36)18-7-6-8-20(15-18)37-3/h4-15H,1-3H3,(H,29,36)(H,30,33)/t27-/m0/s1. The summed E-state index contributed by atoms with van der Waals surface area (Å²) in [6, 6.07) is 19.3. The number of carbonyl (C=O) groups excluding carboxylic acids is 3. The van der Waals surface area contributed by atoms with Gasteiger partial charge in [-0.2, -0.15) is 5.01 Å². The van der Waals surface area contributed by atoms with Gasteiger partial charge in [0.1, 0.15) is 17.1 Å². The third-order valence-corrected chi connectivity index (χ3v) is 6.38. The Morgan fingerprint density at radius 1 is 1.00 bits per heavy atom. The van der Waals surface area contributed by atoms with Crippen molar-refractivity contribution in [3.05, 3.63) is 100 Å². The van der Waals surface area contributed by atoms with E-state index in [1.54, 1.807) is 68.4 Å². The van der Waals surface area contributed by atoms with Crippen LogP contribution in [0.3, 0.4) is 0 Å². The molecule has 0 aliphatic carbocycles. The van der Waals surface area contributed by atoms with Gasteiger partial charge < -0.3 is 10.1 Å². The van der Waals surface area contributed by atoms with E-state index in [4.69, 9.17) is 4.74 Å². The van der Waals surface area contributed by atoms with Crippen molar-refractivity contribution in [1.29, 1.82) is 0 Å². The molecule has 5 rings (SSSR count). The van der Waals surface area contributed by atoms with Gasteiger partial charge in [-0.3, -0.25) is 24.4 Å². The molecule has 0 spiro atoms. The van der Waals surface area contributed by atoms with Crippen LogP contribution in [-0.2, 0) is 10.3 Å². The number of para-hydroxylation sites is 1. The molecule has 37 heavy (non-hydrogen) atoms. The molecule has 186 valence electrons. The lowest BCUT2D eigenvalue weighted by Crippen LogP contribution is -2.47. The van der Waals surface area contributed by atoms with Crippen molar-refractivity contribution in [3.63, 3.8) is 0 Å². The fourth-order valence-electron chi connectivity index (χ4n) is 4.35. The molecule has 1 saturated heterocycles. The Balaban J connectivity index is 1.38. The van der Waals surface area contributed by atoms with Gasteiger partial charge in [0.2, 0.25) is 0 Å². The number of imide groups is 1. The van der Waals surface area contributed by atoms with E-state index in [1.807, 2.05) is 6.07 Å². The first-order valence-corrected chi connectivity index (χ1v) is 11.4. The molecule has 0 saturated carbocycles. The molecule has 10 nitrogen and oxygen atoms in total. The van der Waals surface area contributed by atoms with Crippen LogP contribution in [0.15, 0.2) is 77.6 Å². The van der Waals surface area contributed by atoms with E-state index in [0.717, 1.165) is 0 Å². The number of amides is 4. The Morgan fingerprint density at radius 2 is 1.73 bits per heavy atom. The van der Waals surface area contributed by atoms with E-state index in [9.17, 15) is 19.2 Å². The summed E-state index contributed by atoms with van der Waals surface area (Å²) in [5.74, 6) is -0.276. The summed E-state index contributed by atoms with van der Waals surface area (Å²) in [6.45, 7) is 3.28. The summed E-state index contributed by atoms with van der Waals surface area (Å²) < 4.78 is 6.67. The summed E-state index contributed by atoms with van der Waals surface area (Å²) in [5, 5.41) is 3.78. The Hall–Kier alpha value is -4.99. The Morgan fingerprint density at radius 3 is 2.46 bits per heavy atom. The number of carbonyl (C=O) groups is 3. The molecule has 0 bridgehead atoms. The number of hydrogen-bond donors (Lipinski definition) is 2. The molecular formula is C27H23N5O5. The molecule has 0 radical (unpaired) electrons. The average Bonchev–Trinajstić information content (AvgIpc) is 3.12. The van der Waals surface area contributed by atoms with Crippen LogP contribution in [-0.4, -0.2) is 39.5 Å². The van der Waals surface area contributed by atoms with Crippen LogP contribution < -0.4 is 21.0 Å².